The Morgan fingerprint density at radius 1 is 1.47 bits per heavy atom. The van der Waals surface area contributed by atoms with E-state index in [1.54, 1.807) is 19.2 Å². The van der Waals surface area contributed by atoms with Crippen molar-refractivity contribution in [3.63, 3.8) is 0 Å². The van der Waals surface area contributed by atoms with E-state index in [4.69, 9.17) is 26.3 Å². The van der Waals surface area contributed by atoms with Crippen molar-refractivity contribution in [1.29, 1.82) is 0 Å². The van der Waals surface area contributed by atoms with Gasteiger partial charge in [-0.1, -0.05) is 11.6 Å². The number of methoxy groups -OCH3 is 1. The van der Waals surface area contributed by atoms with E-state index < -0.39 is 0 Å². The number of rotatable bonds is 5. The first-order valence-electron chi connectivity index (χ1n) is 4.59. The van der Waals surface area contributed by atoms with E-state index in [2.05, 4.69) is 5.48 Å². The summed E-state index contributed by atoms with van der Waals surface area (Å²) >= 11 is 5.99. The molecule has 0 aliphatic carbocycles. The Bertz CT molecular complexity index is 331. The maximum Gasteiger partial charge on any atom is 0.167 e. The zero-order chi connectivity index (χ0) is 11.3. The van der Waals surface area contributed by atoms with Gasteiger partial charge in [0.1, 0.15) is 0 Å². The first kappa shape index (κ1) is 12.1. The van der Waals surface area contributed by atoms with Gasteiger partial charge in [0.15, 0.2) is 11.5 Å². The third-order valence-corrected chi connectivity index (χ3v) is 2.29. The van der Waals surface area contributed by atoms with E-state index in [9.17, 15) is 0 Å². The van der Waals surface area contributed by atoms with Gasteiger partial charge in [0.2, 0.25) is 0 Å². The molecule has 0 aromatic heterocycles. The third kappa shape index (κ3) is 2.75. The zero-order valence-electron chi connectivity index (χ0n) is 8.71. The Labute approximate surface area is 93.7 Å². The molecule has 0 unspecified atom stereocenters. The quantitative estimate of drug-likeness (QED) is 0.763. The number of hydrogen-bond donors (Lipinski definition) is 2. The SMILES string of the molecule is CCOc1c(OC)ccc(Cl)c1CNO. The van der Waals surface area contributed by atoms with Crippen molar-refractivity contribution in [2.24, 2.45) is 0 Å². The highest BCUT2D eigenvalue weighted by Crippen LogP contribution is 2.35. The van der Waals surface area contributed by atoms with E-state index >= 15 is 0 Å². The van der Waals surface area contributed by atoms with E-state index in [0.29, 0.717) is 28.7 Å². The molecular weight excluding hydrogens is 218 g/mol. The molecule has 0 heterocycles. The molecule has 0 fully saturated rings. The fourth-order valence-electron chi connectivity index (χ4n) is 1.29. The Morgan fingerprint density at radius 2 is 2.20 bits per heavy atom. The lowest BCUT2D eigenvalue weighted by Gasteiger charge is -2.14. The highest BCUT2D eigenvalue weighted by molar-refractivity contribution is 6.31. The summed E-state index contributed by atoms with van der Waals surface area (Å²) in [6.07, 6.45) is 0. The van der Waals surface area contributed by atoms with Gasteiger partial charge in [0.25, 0.3) is 0 Å². The van der Waals surface area contributed by atoms with Gasteiger partial charge < -0.3 is 14.7 Å². The number of nitrogens with one attached hydrogen (secondary N) is 1. The molecule has 0 aliphatic rings. The van der Waals surface area contributed by atoms with Gasteiger partial charge in [-0.2, -0.15) is 0 Å². The van der Waals surface area contributed by atoms with Gasteiger partial charge in [0, 0.05) is 10.6 Å². The summed E-state index contributed by atoms with van der Waals surface area (Å²) in [6.45, 7) is 2.59. The minimum atomic E-state index is 0.214. The smallest absolute Gasteiger partial charge is 0.167 e. The molecule has 0 amide bonds. The summed E-state index contributed by atoms with van der Waals surface area (Å²) in [4.78, 5) is 0. The molecule has 1 aromatic carbocycles. The number of halogens is 1. The van der Waals surface area contributed by atoms with Crippen molar-refractivity contribution < 1.29 is 14.7 Å². The number of benzene rings is 1. The molecule has 1 rings (SSSR count). The van der Waals surface area contributed by atoms with Crippen molar-refractivity contribution in [2.45, 2.75) is 13.5 Å². The topological polar surface area (TPSA) is 50.7 Å². The van der Waals surface area contributed by atoms with E-state index in [-0.39, 0.29) is 6.54 Å². The fourth-order valence-corrected chi connectivity index (χ4v) is 1.51. The highest BCUT2D eigenvalue weighted by atomic mass is 35.5. The van der Waals surface area contributed by atoms with Crippen LogP contribution in [-0.2, 0) is 6.54 Å². The van der Waals surface area contributed by atoms with E-state index in [1.807, 2.05) is 6.92 Å². The van der Waals surface area contributed by atoms with Crippen LogP contribution in [0.2, 0.25) is 5.02 Å². The summed E-state index contributed by atoms with van der Waals surface area (Å²) in [5, 5.41) is 9.22. The summed E-state index contributed by atoms with van der Waals surface area (Å²) in [7, 11) is 1.56. The zero-order valence-corrected chi connectivity index (χ0v) is 9.47. The van der Waals surface area contributed by atoms with Gasteiger partial charge >= 0.3 is 0 Å². The predicted octanol–water partition coefficient (Wildman–Crippen LogP) is 2.23. The molecule has 4 nitrogen and oxygen atoms in total. The minimum absolute atomic E-state index is 0.214. The molecule has 0 atom stereocenters. The van der Waals surface area contributed by atoms with Crippen molar-refractivity contribution in [2.75, 3.05) is 13.7 Å². The molecule has 0 aliphatic heterocycles. The normalized spacial score (nSPS) is 10.1. The minimum Gasteiger partial charge on any atom is -0.493 e. The molecule has 2 N–H and O–H groups in total. The van der Waals surface area contributed by atoms with Crippen molar-refractivity contribution in [3.8, 4) is 11.5 Å². The second-order valence-corrected chi connectivity index (χ2v) is 3.23. The van der Waals surface area contributed by atoms with Crippen LogP contribution < -0.4 is 15.0 Å². The van der Waals surface area contributed by atoms with Crippen molar-refractivity contribution in [1.82, 2.24) is 5.48 Å². The molecule has 0 saturated heterocycles. The van der Waals surface area contributed by atoms with Crippen LogP contribution in [0.3, 0.4) is 0 Å². The summed E-state index contributed by atoms with van der Waals surface area (Å²) in [5.41, 5.74) is 2.74. The van der Waals surface area contributed by atoms with Gasteiger partial charge in [-0.05, 0) is 19.1 Å². The first-order chi connectivity index (χ1) is 7.24. The molecule has 1 aromatic rings. The first-order valence-corrected chi connectivity index (χ1v) is 4.97. The Balaban J connectivity index is 3.17. The maximum absolute atomic E-state index is 8.70. The number of ether oxygens (including phenoxy) is 2. The molecule has 5 heteroatoms. The lowest BCUT2D eigenvalue weighted by Crippen LogP contribution is -2.09. The number of hydrogen-bond acceptors (Lipinski definition) is 4. The maximum atomic E-state index is 8.70. The summed E-state index contributed by atoms with van der Waals surface area (Å²) < 4.78 is 10.6. The van der Waals surface area contributed by atoms with Crippen LogP contribution in [0.15, 0.2) is 12.1 Å². The molecular formula is C10H14ClNO3. The predicted molar refractivity (Wildman–Crippen MR) is 57.8 cm³/mol. The van der Waals surface area contributed by atoms with Gasteiger partial charge in [-0.15, -0.1) is 0 Å². The summed E-state index contributed by atoms with van der Waals surface area (Å²) in [5.74, 6) is 1.17. The Kier molecular flexibility index (Phi) is 4.68. The van der Waals surface area contributed by atoms with Crippen LogP contribution in [-0.4, -0.2) is 18.9 Å². The monoisotopic (exact) mass is 231 g/mol. The number of hydroxylamine groups is 1. The standard InChI is InChI=1S/C10H14ClNO3/c1-3-15-10-7(6-12-13)8(11)4-5-9(10)14-2/h4-5,12-13H,3,6H2,1-2H3. The molecule has 0 spiro atoms. The Morgan fingerprint density at radius 3 is 2.73 bits per heavy atom. The van der Waals surface area contributed by atoms with Crippen molar-refractivity contribution >= 4 is 11.6 Å². The molecule has 84 valence electrons. The second kappa shape index (κ2) is 5.80. The molecule has 0 bridgehead atoms. The van der Waals surface area contributed by atoms with Gasteiger partial charge in [-0.25, -0.2) is 5.48 Å². The average molecular weight is 232 g/mol. The van der Waals surface area contributed by atoms with Crippen molar-refractivity contribution in [3.05, 3.63) is 22.7 Å². The van der Waals surface area contributed by atoms with Crippen LogP contribution in [0.1, 0.15) is 12.5 Å². The van der Waals surface area contributed by atoms with Crippen LogP contribution in [0.25, 0.3) is 0 Å². The average Bonchev–Trinajstić information content (AvgIpc) is 2.24. The van der Waals surface area contributed by atoms with Crippen LogP contribution in [0.5, 0.6) is 11.5 Å². The second-order valence-electron chi connectivity index (χ2n) is 2.83. The fraction of sp³-hybridized carbons (Fsp3) is 0.400. The Hall–Kier alpha value is -0.970. The summed E-state index contributed by atoms with van der Waals surface area (Å²) in [6, 6.07) is 3.43. The van der Waals surface area contributed by atoms with Crippen LogP contribution in [0, 0.1) is 0 Å². The lowest BCUT2D eigenvalue weighted by molar-refractivity contribution is 0.159. The van der Waals surface area contributed by atoms with Gasteiger partial charge in [-0.3, -0.25) is 0 Å². The van der Waals surface area contributed by atoms with Crippen LogP contribution in [0.4, 0.5) is 0 Å². The van der Waals surface area contributed by atoms with E-state index in [1.165, 1.54) is 0 Å². The van der Waals surface area contributed by atoms with Gasteiger partial charge in [0.05, 0.1) is 20.3 Å². The van der Waals surface area contributed by atoms with E-state index in [0.717, 1.165) is 0 Å². The third-order valence-electron chi connectivity index (χ3n) is 1.93. The lowest BCUT2D eigenvalue weighted by atomic mass is 10.2. The molecule has 0 saturated carbocycles. The van der Waals surface area contributed by atoms with Crippen LogP contribution >= 0.6 is 11.6 Å². The highest BCUT2D eigenvalue weighted by Gasteiger charge is 2.13. The molecule has 15 heavy (non-hydrogen) atoms. The largest absolute Gasteiger partial charge is 0.493 e. The molecule has 0 radical (unpaired) electrons.